The van der Waals surface area contributed by atoms with Crippen molar-refractivity contribution < 1.29 is 4.79 Å². The zero-order valence-corrected chi connectivity index (χ0v) is 12.6. The zero-order chi connectivity index (χ0) is 14.6. The number of hydrogen-bond acceptors (Lipinski definition) is 3. The van der Waals surface area contributed by atoms with Gasteiger partial charge in [0.25, 0.3) is 5.91 Å². The van der Waals surface area contributed by atoms with E-state index in [1.54, 1.807) is 11.3 Å². The Morgan fingerprint density at radius 1 is 0.905 bits per heavy atom. The summed E-state index contributed by atoms with van der Waals surface area (Å²) in [6.45, 7) is 4.08. The van der Waals surface area contributed by atoms with Gasteiger partial charge in [-0.15, -0.1) is 11.3 Å². The molecule has 3 nitrogen and oxygen atoms in total. The third-order valence-corrected chi connectivity index (χ3v) is 4.81. The number of anilines is 3. The third-order valence-electron chi connectivity index (χ3n) is 3.74. The smallest absolute Gasteiger partial charge is 0.259 e. The van der Waals surface area contributed by atoms with Gasteiger partial charge in [0.1, 0.15) is 5.00 Å². The molecule has 1 amide bonds. The quantitative estimate of drug-likeness (QED) is 0.623. The van der Waals surface area contributed by atoms with E-state index in [4.69, 9.17) is 0 Å². The normalized spacial score (nSPS) is 13.1. The Morgan fingerprint density at radius 2 is 1.67 bits per heavy atom. The van der Waals surface area contributed by atoms with Gasteiger partial charge in [-0.25, -0.2) is 0 Å². The number of amides is 1. The van der Waals surface area contributed by atoms with E-state index in [-0.39, 0.29) is 5.91 Å². The lowest BCUT2D eigenvalue weighted by molar-refractivity contribution is 0.103. The molecule has 1 aromatic heterocycles. The molecular weight excluding hydrogens is 280 g/mol. The topological polar surface area (TPSA) is 41.1 Å². The molecule has 2 N–H and O–H groups in total. The highest BCUT2D eigenvalue weighted by atomic mass is 32.1. The average Bonchev–Trinajstić information content (AvgIpc) is 2.72. The summed E-state index contributed by atoms with van der Waals surface area (Å²) >= 11 is 1.63. The molecule has 21 heavy (non-hydrogen) atoms. The highest BCUT2D eigenvalue weighted by molar-refractivity contribution is 7.23. The molecule has 2 heterocycles. The lowest BCUT2D eigenvalue weighted by Crippen LogP contribution is -2.10. The molecule has 104 valence electrons. The Kier molecular flexibility index (Phi) is 2.56. The Balaban J connectivity index is 1.96. The lowest BCUT2D eigenvalue weighted by atomic mass is 10.1. The first-order valence-corrected chi connectivity index (χ1v) is 7.65. The third kappa shape index (κ3) is 1.91. The molecule has 0 aliphatic carbocycles. The minimum Gasteiger partial charge on any atom is -0.345 e. The van der Waals surface area contributed by atoms with Gasteiger partial charge in [-0.05, 0) is 43.2 Å². The van der Waals surface area contributed by atoms with Crippen LogP contribution in [0.1, 0.15) is 21.5 Å². The largest absolute Gasteiger partial charge is 0.345 e. The minimum atomic E-state index is -0.0445. The first-order chi connectivity index (χ1) is 10.1. The van der Waals surface area contributed by atoms with Gasteiger partial charge < -0.3 is 10.6 Å². The van der Waals surface area contributed by atoms with Gasteiger partial charge in [0, 0.05) is 10.1 Å². The van der Waals surface area contributed by atoms with Crippen LogP contribution in [0, 0.1) is 13.8 Å². The second-order valence-corrected chi connectivity index (χ2v) is 6.49. The van der Waals surface area contributed by atoms with E-state index in [0.29, 0.717) is 0 Å². The van der Waals surface area contributed by atoms with E-state index in [1.165, 1.54) is 5.56 Å². The number of carbonyl (C=O) groups excluding carboxylic acids is 1. The van der Waals surface area contributed by atoms with Crippen molar-refractivity contribution in [3.8, 4) is 0 Å². The Hall–Kier alpha value is -2.33. The van der Waals surface area contributed by atoms with Crippen LogP contribution in [0.2, 0.25) is 0 Å². The number of fused-ring (bicyclic) bond motifs is 4. The molecule has 0 bridgehead atoms. The second kappa shape index (κ2) is 4.33. The van der Waals surface area contributed by atoms with Gasteiger partial charge in [0.2, 0.25) is 0 Å². The monoisotopic (exact) mass is 294 g/mol. The first-order valence-electron chi connectivity index (χ1n) is 6.84. The van der Waals surface area contributed by atoms with E-state index in [1.807, 2.05) is 37.3 Å². The van der Waals surface area contributed by atoms with Crippen molar-refractivity contribution in [3.63, 3.8) is 0 Å². The van der Waals surface area contributed by atoms with Gasteiger partial charge in [-0.2, -0.15) is 0 Å². The van der Waals surface area contributed by atoms with Crippen LogP contribution in [0.4, 0.5) is 16.4 Å². The molecular formula is C17H14N2OS. The van der Waals surface area contributed by atoms with Crippen molar-refractivity contribution >= 4 is 43.7 Å². The van der Waals surface area contributed by atoms with Crippen LogP contribution < -0.4 is 10.6 Å². The molecule has 3 aromatic rings. The maximum Gasteiger partial charge on any atom is 0.259 e. The number of aryl methyl sites for hydroxylation is 2. The van der Waals surface area contributed by atoms with E-state index >= 15 is 0 Å². The molecule has 4 heteroatoms. The van der Waals surface area contributed by atoms with Gasteiger partial charge in [0.15, 0.2) is 0 Å². The number of hydrogen-bond donors (Lipinski definition) is 2. The number of benzene rings is 2. The van der Waals surface area contributed by atoms with E-state index in [9.17, 15) is 4.79 Å². The van der Waals surface area contributed by atoms with Crippen LogP contribution in [-0.2, 0) is 0 Å². The van der Waals surface area contributed by atoms with E-state index in [0.717, 1.165) is 37.6 Å². The summed E-state index contributed by atoms with van der Waals surface area (Å²) in [4.78, 5) is 12.6. The van der Waals surface area contributed by atoms with Crippen molar-refractivity contribution in [2.24, 2.45) is 0 Å². The first kappa shape index (κ1) is 12.4. The fourth-order valence-electron chi connectivity index (χ4n) is 2.69. The number of thiophene rings is 1. The summed E-state index contributed by atoms with van der Waals surface area (Å²) in [5.74, 6) is -0.0445. The minimum absolute atomic E-state index is 0.0445. The number of nitrogens with one attached hydrogen (secondary N) is 2. The number of carbonyl (C=O) groups is 1. The molecule has 0 radical (unpaired) electrons. The second-order valence-electron chi connectivity index (χ2n) is 5.43. The molecule has 0 atom stereocenters. The van der Waals surface area contributed by atoms with E-state index < -0.39 is 0 Å². The fraction of sp³-hybridized carbons (Fsp3) is 0.118. The predicted molar refractivity (Wildman–Crippen MR) is 89.0 cm³/mol. The van der Waals surface area contributed by atoms with Crippen molar-refractivity contribution in [2.75, 3.05) is 10.6 Å². The summed E-state index contributed by atoms with van der Waals surface area (Å²) in [5.41, 5.74) is 4.85. The molecule has 0 unspecified atom stereocenters. The fourth-order valence-corrected chi connectivity index (χ4v) is 3.91. The summed E-state index contributed by atoms with van der Waals surface area (Å²) in [6, 6.07) is 12.2. The Labute approximate surface area is 126 Å². The SMILES string of the molecule is Cc1ccc2c(c1)NC(=O)c1c(sc3cc(C)ccc13)N2. The summed E-state index contributed by atoms with van der Waals surface area (Å²) < 4.78 is 1.14. The van der Waals surface area contributed by atoms with Crippen LogP contribution in [0.5, 0.6) is 0 Å². The molecule has 0 fully saturated rings. The van der Waals surface area contributed by atoms with Gasteiger partial charge in [0.05, 0.1) is 16.9 Å². The lowest BCUT2D eigenvalue weighted by Gasteiger charge is -2.08. The molecule has 4 rings (SSSR count). The van der Waals surface area contributed by atoms with Gasteiger partial charge in [-0.3, -0.25) is 4.79 Å². The van der Waals surface area contributed by atoms with Crippen LogP contribution in [0.25, 0.3) is 10.1 Å². The standard InChI is InChI=1S/C17H14N2OS/c1-9-4-6-12-13(7-9)18-16(20)15-11-5-3-10(2)8-14(11)21-17(15)19-12/h3-8,19H,1-2H3,(H,18,20). The molecule has 0 saturated heterocycles. The molecule has 1 aliphatic rings. The molecule has 1 aliphatic heterocycles. The Bertz CT molecular complexity index is 895. The van der Waals surface area contributed by atoms with Crippen LogP contribution >= 0.6 is 11.3 Å². The van der Waals surface area contributed by atoms with Crippen LogP contribution in [0.15, 0.2) is 36.4 Å². The maximum atomic E-state index is 12.6. The van der Waals surface area contributed by atoms with Gasteiger partial charge in [-0.1, -0.05) is 18.2 Å². The van der Waals surface area contributed by atoms with Crippen molar-refractivity contribution in [1.29, 1.82) is 0 Å². The van der Waals surface area contributed by atoms with Crippen molar-refractivity contribution in [1.82, 2.24) is 0 Å². The highest BCUT2D eigenvalue weighted by Gasteiger charge is 2.23. The van der Waals surface area contributed by atoms with E-state index in [2.05, 4.69) is 23.6 Å². The zero-order valence-electron chi connectivity index (χ0n) is 11.8. The average molecular weight is 294 g/mol. The van der Waals surface area contributed by atoms with Crippen LogP contribution in [0.3, 0.4) is 0 Å². The maximum absolute atomic E-state index is 12.6. The predicted octanol–water partition coefficient (Wildman–Crippen LogP) is 4.83. The van der Waals surface area contributed by atoms with Crippen molar-refractivity contribution in [2.45, 2.75) is 13.8 Å². The molecule has 2 aromatic carbocycles. The van der Waals surface area contributed by atoms with Gasteiger partial charge >= 0.3 is 0 Å². The molecule has 0 saturated carbocycles. The molecule has 0 spiro atoms. The van der Waals surface area contributed by atoms with Crippen LogP contribution in [-0.4, -0.2) is 5.91 Å². The van der Waals surface area contributed by atoms with Crippen molar-refractivity contribution in [3.05, 3.63) is 53.1 Å². The summed E-state index contributed by atoms with van der Waals surface area (Å²) in [5, 5.41) is 8.34. The Morgan fingerprint density at radius 3 is 2.52 bits per heavy atom. The summed E-state index contributed by atoms with van der Waals surface area (Å²) in [7, 11) is 0. The summed E-state index contributed by atoms with van der Waals surface area (Å²) in [6.07, 6.45) is 0. The highest BCUT2D eigenvalue weighted by Crippen LogP contribution is 2.41. The number of rotatable bonds is 0.